The Morgan fingerprint density at radius 3 is 3.08 bits per heavy atom. The topological polar surface area (TPSA) is 12.5 Å². The zero-order valence-electron chi connectivity index (χ0n) is 7.46. The number of likely N-dealkylation sites (tertiary alicyclic amines) is 1. The maximum atomic E-state index is 12.7. The van der Waals surface area contributed by atoms with Gasteiger partial charge in [0, 0.05) is 25.9 Å². The molecule has 0 bridgehead atoms. The average Bonchev–Trinajstić information content (AvgIpc) is 2.45. The molecule has 0 aliphatic carbocycles. The normalized spacial score (nSPS) is 25.0. The Morgan fingerprint density at radius 1 is 1.67 bits per heavy atom. The van der Waals surface area contributed by atoms with Crippen molar-refractivity contribution in [1.82, 2.24) is 4.90 Å². The molecule has 0 aromatic rings. The lowest BCUT2D eigenvalue weighted by Gasteiger charge is -2.13. The van der Waals surface area contributed by atoms with Crippen molar-refractivity contribution in [1.29, 1.82) is 0 Å². The van der Waals surface area contributed by atoms with Gasteiger partial charge in [-0.05, 0) is 24.9 Å². The Kier molecular flexibility index (Phi) is 4.95. The van der Waals surface area contributed by atoms with Crippen LogP contribution in [0.25, 0.3) is 0 Å². The molecule has 1 saturated heterocycles. The third-order valence-electron chi connectivity index (χ3n) is 2.03. The minimum atomic E-state index is -0.591. The number of hydrogen-bond acceptors (Lipinski definition) is 3. The van der Waals surface area contributed by atoms with Crippen LogP contribution in [-0.4, -0.2) is 43.6 Å². The Balaban J connectivity index is 1.93. The lowest BCUT2D eigenvalue weighted by molar-refractivity contribution is 0.262. The highest BCUT2D eigenvalue weighted by Gasteiger charge is 2.20. The third kappa shape index (κ3) is 3.74. The van der Waals surface area contributed by atoms with Crippen molar-refractivity contribution in [3.8, 4) is 0 Å². The van der Waals surface area contributed by atoms with Crippen LogP contribution in [0.5, 0.6) is 0 Å². The quantitative estimate of drug-likeness (QED) is 0.487. The van der Waals surface area contributed by atoms with Gasteiger partial charge in [-0.1, -0.05) is 0 Å². The van der Waals surface area contributed by atoms with E-state index in [0.717, 1.165) is 26.1 Å². The monoisotopic (exact) mass is 193 g/mol. The molecule has 1 fully saturated rings. The molecule has 1 unspecified atom stereocenters. The van der Waals surface area contributed by atoms with Gasteiger partial charge in [-0.2, -0.15) is 0 Å². The summed E-state index contributed by atoms with van der Waals surface area (Å²) in [6.07, 6.45) is 3.04. The third-order valence-corrected chi connectivity index (χ3v) is 2.44. The predicted octanol–water partition coefficient (Wildman–Crippen LogP) is 1.71. The Bertz CT molecular complexity index is 126. The molecule has 0 spiro atoms. The maximum Gasteiger partial charge on any atom is 0.114 e. The molecule has 1 rings (SSSR count). The van der Waals surface area contributed by atoms with Gasteiger partial charge in [0.2, 0.25) is 0 Å². The van der Waals surface area contributed by atoms with E-state index >= 15 is 0 Å². The lowest BCUT2D eigenvalue weighted by Crippen LogP contribution is -2.22. The van der Waals surface area contributed by atoms with E-state index in [-0.39, 0.29) is 0 Å². The molecule has 0 amide bonds. The minimum absolute atomic E-state index is 0.591. The second-order valence-electron chi connectivity index (χ2n) is 3.03. The molecule has 1 aliphatic heterocycles. The van der Waals surface area contributed by atoms with Gasteiger partial charge in [0.1, 0.15) is 6.17 Å². The van der Waals surface area contributed by atoms with Crippen molar-refractivity contribution in [2.75, 3.05) is 32.5 Å². The summed E-state index contributed by atoms with van der Waals surface area (Å²) in [5.74, 6) is 0. The Morgan fingerprint density at radius 2 is 2.50 bits per heavy atom. The molecule has 2 nitrogen and oxygen atoms in total. The van der Waals surface area contributed by atoms with E-state index < -0.39 is 6.17 Å². The molecule has 0 aromatic carbocycles. The maximum absolute atomic E-state index is 12.7. The molecule has 72 valence electrons. The van der Waals surface area contributed by atoms with Crippen LogP contribution in [0.3, 0.4) is 0 Å². The summed E-state index contributed by atoms with van der Waals surface area (Å²) >= 11 is 1.39. The molecule has 0 saturated carbocycles. The van der Waals surface area contributed by atoms with Crippen molar-refractivity contribution < 1.29 is 8.57 Å². The van der Waals surface area contributed by atoms with Crippen molar-refractivity contribution in [3.05, 3.63) is 0 Å². The molecule has 0 aromatic heterocycles. The fraction of sp³-hybridized carbons (Fsp3) is 1.00. The van der Waals surface area contributed by atoms with Crippen LogP contribution in [0.15, 0.2) is 0 Å². The smallest absolute Gasteiger partial charge is 0.114 e. The predicted molar refractivity (Wildman–Crippen MR) is 50.0 cm³/mol. The summed E-state index contributed by atoms with van der Waals surface area (Å²) in [4.78, 5) is 2.16. The van der Waals surface area contributed by atoms with Crippen LogP contribution in [0.1, 0.15) is 12.8 Å². The number of nitrogens with zero attached hydrogens (tertiary/aromatic N) is 1. The van der Waals surface area contributed by atoms with E-state index in [9.17, 15) is 4.39 Å². The van der Waals surface area contributed by atoms with E-state index in [0.29, 0.717) is 13.0 Å². The fourth-order valence-corrected chi connectivity index (χ4v) is 1.70. The van der Waals surface area contributed by atoms with Crippen molar-refractivity contribution in [2.24, 2.45) is 0 Å². The van der Waals surface area contributed by atoms with Crippen molar-refractivity contribution in [3.63, 3.8) is 0 Å². The molecule has 0 radical (unpaired) electrons. The van der Waals surface area contributed by atoms with Crippen LogP contribution in [0.4, 0.5) is 4.39 Å². The molecule has 1 aliphatic rings. The van der Waals surface area contributed by atoms with Gasteiger partial charge in [-0.3, -0.25) is 0 Å². The molecule has 12 heavy (non-hydrogen) atoms. The lowest BCUT2D eigenvalue weighted by atomic mass is 10.3. The summed E-state index contributed by atoms with van der Waals surface area (Å²) in [6.45, 7) is 3.29. The van der Waals surface area contributed by atoms with Crippen molar-refractivity contribution >= 4 is 12.0 Å². The summed E-state index contributed by atoms with van der Waals surface area (Å²) in [5.41, 5.74) is 0. The summed E-state index contributed by atoms with van der Waals surface area (Å²) in [5, 5.41) is 0. The first kappa shape index (κ1) is 10.3. The van der Waals surface area contributed by atoms with Crippen molar-refractivity contribution in [2.45, 2.75) is 19.0 Å². The van der Waals surface area contributed by atoms with E-state index in [1.807, 2.05) is 6.26 Å². The van der Waals surface area contributed by atoms with Gasteiger partial charge < -0.3 is 9.08 Å². The van der Waals surface area contributed by atoms with Gasteiger partial charge in [0.15, 0.2) is 0 Å². The number of halogens is 1. The van der Waals surface area contributed by atoms with E-state index in [1.165, 1.54) is 12.0 Å². The molecule has 0 N–H and O–H groups in total. The second kappa shape index (κ2) is 5.78. The van der Waals surface area contributed by atoms with Crippen LogP contribution in [-0.2, 0) is 4.18 Å². The van der Waals surface area contributed by atoms with Crippen LogP contribution < -0.4 is 0 Å². The molecule has 1 atom stereocenters. The zero-order chi connectivity index (χ0) is 8.81. The minimum Gasteiger partial charge on any atom is -0.316 e. The fourth-order valence-electron chi connectivity index (χ4n) is 1.42. The van der Waals surface area contributed by atoms with Gasteiger partial charge >= 0.3 is 0 Å². The average molecular weight is 193 g/mol. The van der Waals surface area contributed by atoms with E-state index in [2.05, 4.69) is 4.90 Å². The van der Waals surface area contributed by atoms with Gasteiger partial charge in [0.05, 0.1) is 6.61 Å². The first-order valence-electron chi connectivity index (χ1n) is 4.35. The summed E-state index contributed by atoms with van der Waals surface area (Å²) in [6, 6.07) is 0. The highest BCUT2D eigenvalue weighted by Crippen LogP contribution is 2.12. The number of hydrogen-bond donors (Lipinski definition) is 0. The van der Waals surface area contributed by atoms with Crippen LogP contribution >= 0.6 is 12.0 Å². The van der Waals surface area contributed by atoms with Gasteiger partial charge in [-0.25, -0.2) is 4.39 Å². The SMILES string of the molecule is CSOCCCN1CCC(F)C1. The molecule has 4 heteroatoms. The highest BCUT2D eigenvalue weighted by atomic mass is 32.2. The molecular weight excluding hydrogens is 177 g/mol. The summed E-state index contributed by atoms with van der Waals surface area (Å²) < 4.78 is 17.8. The first-order valence-corrected chi connectivity index (χ1v) is 5.50. The number of rotatable bonds is 5. The van der Waals surface area contributed by atoms with Crippen LogP contribution in [0, 0.1) is 0 Å². The van der Waals surface area contributed by atoms with Crippen LogP contribution in [0.2, 0.25) is 0 Å². The van der Waals surface area contributed by atoms with Gasteiger partial charge in [0.25, 0.3) is 0 Å². The highest BCUT2D eigenvalue weighted by molar-refractivity contribution is 7.93. The summed E-state index contributed by atoms with van der Waals surface area (Å²) in [7, 11) is 0. The zero-order valence-corrected chi connectivity index (χ0v) is 8.28. The first-order chi connectivity index (χ1) is 5.83. The standard InChI is InChI=1S/C8H16FNOS/c1-12-11-6-2-4-10-5-3-8(9)7-10/h8H,2-7H2,1H3. The second-order valence-corrected chi connectivity index (χ2v) is 3.60. The van der Waals surface area contributed by atoms with E-state index in [4.69, 9.17) is 4.18 Å². The number of alkyl halides is 1. The molecular formula is C8H16FNOS. The largest absolute Gasteiger partial charge is 0.316 e. The Hall–Kier alpha value is 0.200. The van der Waals surface area contributed by atoms with Gasteiger partial charge in [-0.15, -0.1) is 0 Å². The van der Waals surface area contributed by atoms with E-state index in [1.54, 1.807) is 0 Å². The molecule has 1 heterocycles. The Labute approximate surface area is 77.7 Å².